The van der Waals surface area contributed by atoms with Crippen molar-refractivity contribution in [3.8, 4) is 0 Å². The number of hydrazine groups is 1. The molecule has 19 heavy (non-hydrogen) atoms. The molecular weight excluding hydrogens is 307 g/mol. The maximum absolute atomic E-state index is 14.2. The fraction of sp³-hybridized carbons (Fsp3) is 0.200. The maximum atomic E-state index is 14.2. The number of nitrogens with one attached hydrogen (secondary N) is 1. The summed E-state index contributed by atoms with van der Waals surface area (Å²) in [6.45, 7) is 2.07. The number of hydrogen-bond acceptors (Lipinski definition) is 2. The molecule has 2 nitrogen and oxygen atoms in total. The molecule has 1 unspecified atom stereocenters. The van der Waals surface area contributed by atoms with E-state index in [0.717, 1.165) is 17.5 Å². The van der Waals surface area contributed by atoms with Crippen LogP contribution in [0.3, 0.4) is 0 Å². The highest BCUT2D eigenvalue weighted by atomic mass is 79.9. The van der Waals surface area contributed by atoms with Crippen LogP contribution in [-0.2, 0) is 6.42 Å². The third-order valence-corrected chi connectivity index (χ3v) is 3.82. The van der Waals surface area contributed by atoms with E-state index in [1.165, 1.54) is 0 Å². The van der Waals surface area contributed by atoms with Crippen molar-refractivity contribution in [1.29, 1.82) is 0 Å². The number of halogens is 2. The van der Waals surface area contributed by atoms with Gasteiger partial charge in [-0.25, -0.2) is 9.82 Å². The number of benzene rings is 2. The largest absolute Gasteiger partial charge is 0.271 e. The van der Waals surface area contributed by atoms with Gasteiger partial charge < -0.3 is 0 Å². The predicted molar refractivity (Wildman–Crippen MR) is 79.1 cm³/mol. The van der Waals surface area contributed by atoms with E-state index in [1.807, 2.05) is 24.3 Å². The predicted octanol–water partition coefficient (Wildman–Crippen LogP) is 3.70. The monoisotopic (exact) mass is 322 g/mol. The molecule has 2 aromatic carbocycles. The Kier molecular flexibility index (Phi) is 4.69. The van der Waals surface area contributed by atoms with E-state index in [4.69, 9.17) is 5.84 Å². The first-order valence-corrected chi connectivity index (χ1v) is 6.96. The van der Waals surface area contributed by atoms with Gasteiger partial charge in [0.05, 0.1) is 10.5 Å². The fourth-order valence-corrected chi connectivity index (χ4v) is 2.61. The molecule has 2 aromatic rings. The Labute approximate surface area is 120 Å². The minimum Gasteiger partial charge on any atom is -0.271 e. The van der Waals surface area contributed by atoms with Gasteiger partial charge in [0.2, 0.25) is 0 Å². The van der Waals surface area contributed by atoms with Crippen molar-refractivity contribution in [3.63, 3.8) is 0 Å². The Morgan fingerprint density at radius 2 is 1.84 bits per heavy atom. The normalized spacial score (nSPS) is 12.4. The maximum Gasteiger partial charge on any atom is 0.142 e. The SMILES string of the molecule is CCc1ccccc1C(NN)c1cccc(Br)c1F. The van der Waals surface area contributed by atoms with E-state index >= 15 is 0 Å². The Morgan fingerprint density at radius 1 is 1.16 bits per heavy atom. The van der Waals surface area contributed by atoms with Crippen molar-refractivity contribution in [2.45, 2.75) is 19.4 Å². The summed E-state index contributed by atoms with van der Waals surface area (Å²) in [4.78, 5) is 0. The molecule has 0 bridgehead atoms. The molecule has 0 aliphatic heterocycles. The van der Waals surface area contributed by atoms with Crippen LogP contribution in [0.15, 0.2) is 46.9 Å². The van der Waals surface area contributed by atoms with E-state index in [-0.39, 0.29) is 11.9 Å². The number of hydrogen-bond donors (Lipinski definition) is 2. The molecule has 0 fully saturated rings. The minimum atomic E-state index is -0.353. The summed E-state index contributed by atoms with van der Waals surface area (Å²) in [7, 11) is 0. The van der Waals surface area contributed by atoms with Gasteiger partial charge in [-0.3, -0.25) is 5.84 Å². The van der Waals surface area contributed by atoms with Crippen molar-refractivity contribution in [2.75, 3.05) is 0 Å². The highest BCUT2D eigenvalue weighted by molar-refractivity contribution is 9.10. The molecular formula is C15H16BrFN2. The molecule has 0 saturated carbocycles. The van der Waals surface area contributed by atoms with Crippen molar-refractivity contribution in [3.05, 3.63) is 69.4 Å². The molecule has 3 N–H and O–H groups in total. The van der Waals surface area contributed by atoms with Gasteiger partial charge in [0.25, 0.3) is 0 Å². The zero-order valence-corrected chi connectivity index (χ0v) is 12.2. The summed E-state index contributed by atoms with van der Waals surface area (Å²) in [5, 5.41) is 0. The quantitative estimate of drug-likeness (QED) is 0.665. The van der Waals surface area contributed by atoms with E-state index in [1.54, 1.807) is 18.2 Å². The van der Waals surface area contributed by atoms with Gasteiger partial charge in [-0.05, 0) is 39.5 Å². The molecule has 0 aliphatic carbocycles. The van der Waals surface area contributed by atoms with Crippen LogP contribution in [0.25, 0.3) is 0 Å². The second-order valence-corrected chi connectivity index (χ2v) is 5.15. The first-order chi connectivity index (χ1) is 9.19. The number of nitrogens with two attached hydrogens (primary N) is 1. The first kappa shape index (κ1) is 14.2. The Bertz CT molecular complexity index is 572. The van der Waals surface area contributed by atoms with Crippen LogP contribution in [0.4, 0.5) is 4.39 Å². The summed E-state index contributed by atoms with van der Waals surface area (Å²) in [5.74, 6) is 5.37. The molecule has 0 aliphatic rings. The fourth-order valence-electron chi connectivity index (χ4n) is 2.23. The van der Waals surface area contributed by atoms with Gasteiger partial charge in [-0.15, -0.1) is 0 Å². The lowest BCUT2D eigenvalue weighted by Gasteiger charge is -2.20. The number of rotatable bonds is 4. The third-order valence-electron chi connectivity index (χ3n) is 3.21. The Hall–Kier alpha value is -1.23. The lowest BCUT2D eigenvalue weighted by Crippen LogP contribution is -2.30. The van der Waals surface area contributed by atoms with Gasteiger partial charge in [0.15, 0.2) is 0 Å². The summed E-state index contributed by atoms with van der Waals surface area (Å²) in [5.41, 5.74) is 5.42. The van der Waals surface area contributed by atoms with Crippen LogP contribution < -0.4 is 11.3 Å². The van der Waals surface area contributed by atoms with Crippen LogP contribution in [0.2, 0.25) is 0 Å². The van der Waals surface area contributed by atoms with Crippen molar-refractivity contribution in [2.24, 2.45) is 5.84 Å². The van der Waals surface area contributed by atoms with E-state index in [0.29, 0.717) is 10.0 Å². The van der Waals surface area contributed by atoms with Gasteiger partial charge in [-0.1, -0.05) is 43.3 Å². The van der Waals surface area contributed by atoms with Gasteiger partial charge in [-0.2, -0.15) is 0 Å². The lowest BCUT2D eigenvalue weighted by molar-refractivity contribution is 0.554. The summed E-state index contributed by atoms with van der Waals surface area (Å²) in [6, 6.07) is 12.8. The molecule has 2 rings (SSSR count). The zero-order chi connectivity index (χ0) is 13.8. The van der Waals surface area contributed by atoms with E-state index in [9.17, 15) is 4.39 Å². The standard InChI is InChI=1S/C15H16BrFN2/c1-2-10-6-3-4-7-11(10)15(19-18)12-8-5-9-13(16)14(12)17/h3-9,15,19H,2,18H2,1H3. The number of aryl methyl sites for hydroxylation is 1. The molecule has 0 aromatic heterocycles. The minimum absolute atomic E-state index is 0.281. The van der Waals surface area contributed by atoms with Crippen LogP contribution in [0.5, 0.6) is 0 Å². The molecule has 1 atom stereocenters. The summed E-state index contributed by atoms with van der Waals surface area (Å²) < 4.78 is 14.7. The first-order valence-electron chi connectivity index (χ1n) is 6.16. The molecule has 100 valence electrons. The van der Waals surface area contributed by atoms with E-state index < -0.39 is 0 Å². The lowest BCUT2D eigenvalue weighted by atomic mass is 9.93. The average molecular weight is 323 g/mol. The molecule has 0 spiro atoms. The van der Waals surface area contributed by atoms with Crippen molar-refractivity contribution in [1.82, 2.24) is 5.43 Å². The Balaban J connectivity index is 2.53. The van der Waals surface area contributed by atoms with E-state index in [2.05, 4.69) is 28.3 Å². The van der Waals surface area contributed by atoms with Crippen LogP contribution >= 0.6 is 15.9 Å². The molecule has 0 radical (unpaired) electrons. The smallest absolute Gasteiger partial charge is 0.142 e. The highest BCUT2D eigenvalue weighted by Gasteiger charge is 2.19. The second-order valence-electron chi connectivity index (χ2n) is 4.30. The highest BCUT2D eigenvalue weighted by Crippen LogP contribution is 2.29. The van der Waals surface area contributed by atoms with Gasteiger partial charge in [0, 0.05) is 5.56 Å². The Morgan fingerprint density at radius 3 is 2.53 bits per heavy atom. The molecule has 0 amide bonds. The van der Waals surface area contributed by atoms with Gasteiger partial charge in [0.1, 0.15) is 5.82 Å². The van der Waals surface area contributed by atoms with Crippen LogP contribution in [0.1, 0.15) is 29.7 Å². The van der Waals surface area contributed by atoms with Gasteiger partial charge >= 0.3 is 0 Å². The second kappa shape index (κ2) is 6.28. The topological polar surface area (TPSA) is 38.0 Å². The molecule has 0 heterocycles. The third kappa shape index (κ3) is 2.86. The van der Waals surface area contributed by atoms with Crippen molar-refractivity contribution >= 4 is 15.9 Å². The summed E-state index contributed by atoms with van der Waals surface area (Å²) in [6.07, 6.45) is 0.879. The summed E-state index contributed by atoms with van der Waals surface area (Å²) >= 11 is 3.21. The zero-order valence-electron chi connectivity index (χ0n) is 10.7. The molecule has 0 saturated heterocycles. The van der Waals surface area contributed by atoms with Crippen LogP contribution in [-0.4, -0.2) is 0 Å². The average Bonchev–Trinajstić information content (AvgIpc) is 2.45. The van der Waals surface area contributed by atoms with Crippen molar-refractivity contribution < 1.29 is 4.39 Å². The van der Waals surface area contributed by atoms with Crippen LogP contribution in [0, 0.1) is 5.82 Å². The molecule has 4 heteroatoms.